The van der Waals surface area contributed by atoms with E-state index >= 15 is 0 Å². The highest BCUT2D eigenvalue weighted by atomic mass is 16.5. The normalized spacial score (nSPS) is 12.0. The van der Waals surface area contributed by atoms with E-state index in [9.17, 15) is 14.4 Å². The molecule has 86 valence electrons. The number of esters is 2. The molecule has 6 nitrogen and oxygen atoms in total. The van der Waals surface area contributed by atoms with Gasteiger partial charge in [0.25, 0.3) is 0 Å². The maximum atomic E-state index is 11.2. The number of hydrogen-bond donors (Lipinski definition) is 1. The molecular weight excluding hydrogens is 204 g/mol. The van der Waals surface area contributed by atoms with E-state index < -0.39 is 29.7 Å². The number of rotatable bonds is 5. The monoisotopic (exact) mass is 218 g/mol. The third-order valence-corrected chi connectivity index (χ3v) is 1.98. The van der Waals surface area contributed by atoms with Crippen LogP contribution in [0.4, 0.5) is 0 Å². The number of carbonyl (C=O) groups excluding carboxylic acids is 2. The molecule has 0 aliphatic rings. The number of methoxy groups -OCH3 is 2. The zero-order valence-corrected chi connectivity index (χ0v) is 8.85. The van der Waals surface area contributed by atoms with Crippen molar-refractivity contribution in [2.75, 3.05) is 14.2 Å². The van der Waals surface area contributed by atoms with Crippen molar-refractivity contribution < 1.29 is 29.0 Å². The first kappa shape index (κ1) is 13.4. The third kappa shape index (κ3) is 3.97. The first-order valence-corrected chi connectivity index (χ1v) is 4.31. The first-order valence-electron chi connectivity index (χ1n) is 4.31. The Morgan fingerprint density at radius 3 is 1.80 bits per heavy atom. The lowest BCUT2D eigenvalue weighted by Crippen LogP contribution is -2.33. The highest BCUT2D eigenvalue weighted by Crippen LogP contribution is 2.18. The Hall–Kier alpha value is -1.59. The molecule has 0 saturated heterocycles. The highest BCUT2D eigenvalue weighted by Gasteiger charge is 2.35. The van der Waals surface area contributed by atoms with Gasteiger partial charge in [0.05, 0.1) is 14.2 Å². The minimum atomic E-state index is -1.18. The smallest absolute Gasteiger partial charge is 0.320 e. The topological polar surface area (TPSA) is 89.9 Å². The number of aliphatic carboxylic acids is 1. The number of carboxylic acids is 1. The molecule has 1 N–H and O–H groups in total. The van der Waals surface area contributed by atoms with E-state index in [2.05, 4.69) is 9.47 Å². The fourth-order valence-corrected chi connectivity index (χ4v) is 1.21. The number of carbonyl (C=O) groups is 3. The van der Waals surface area contributed by atoms with Crippen molar-refractivity contribution >= 4 is 17.9 Å². The van der Waals surface area contributed by atoms with Crippen LogP contribution in [0.2, 0.25) is 0 Å². The van der Waals surface area contributed by atoms with E-state index in [1.54, 1.807) is 0 Å². The molecule has 15 heavy (non-hydrogen) atoms. The van der Waals surface area contributed by atoms with Gasteiger partial charge in [0.2, 0.25) is 0 Å². The van der Waals surface area contributed by atoms with Gasteiger partial charge in [-0.3, -0.25) is 14.4 Å². The highest BCUT2D eigenvalue weighted by molar-refractivity contribution is 5.95. The SMILES string of the molecule is COC(=O)C(C(=O)OC)[C@H](C)CC(=O)O. The van der Waals surface area contributed by atoms with Crippen molar-refractivity contribution in [1.82, 2.24) is 0 Å². The molecule has 0 fully saturated rings. The quantitative estimate of drug-likeness (QED) is 0.518. The van der Waals surface area contributed by atoms with Crippen molar-refractivity contribution in [2.24, 2.45) is 11.8 Å². The summed E-state index contributed by atoms with van der Waals surface area (Å²) in [6, 6.07) is 0. The van der Waals surface area contributed by atoms with Crippen LogP contribution in [0.15, 0.2) is 0 Å². The predicted octanol–water partition coefficient (Wildman–Crippen LogP) is 0.0594. The fourth-order valence-electron chi connectivity index (χ4n) is 1.21. The van der Waals surface area contributed by atoms with Gasteiger partial charge in [-0.05, 0) is 5.92 Å². The molecule has 0 spiro atoms. The molecule has 0 rings (SSSR count). The average molecular weight is 218 g/mol. The standard InChI is InChI=1S/C9H14O6/c1-5(4-6(10)11)7(8(12)14-2)9(13)15-3/h5,7H,4H2,1-3H3,(H,10,11)/t5-/m1/s1. The van der Waals surface area contributed by atoms with Gasteiger partial charge in [-0.15, -0.1) is 0 Å². The lowest BCUT2D eigenvalue weighted by atomic mass is 9.91. The third-order valence-electron chi connectivity index (χ3n) is 1.98. The Morgan fingerprint density at radius 1 is 1.13 bits per heavy atom. The summed E-state index contributed by atoms with van der Waals surface area (Å²) >= 11 is 0. The summed E-state index contributed by atoms with van der Waals surface area (Å²) in [5, 5.41) is 8.54. The summed E-state index contributed by atoms with van der Waals surface area (Å²) < 4.78 is 8.81. The molecule has 0 aromatic rings. The van der Waals surface area contributed by atoms with Gasteiger partial charge in [0, 0.05) is 6.42 Å². The molecule has 0 saturated carbocycles. The van der Waals surface area contributed by atoms with Crippen LogP contribution in [0.5, 0.6) is 0 Å². The molecule has 0 radical (unpaired) electrons. The fraction of sp³-hybridized carbons (Fsp3) is 0.667. The van der Waals surface area contributed by atoms with Gasteiger partial charge >= 0.3 is 17.9 Å². The predicted molar refractivity (Wildman–Crippen MR) is 48.9 cm³/mol. The molecule has 0 amide bonds. The molecule has 0 heterocycles. The van der Waals surface area contributed by atoms with Crippen LogP contribution in [-0.4, -0.2) is 37.2 Å². The van der Waals surface area contributed by atoms with E-state index in [0.717, 1.165) is 14.2 Å². The maximum absolute atomic E-state index is 11.2. The molecule has 0 aromatic carbocycles. The Balaban J connectivity index is 4.69. The van der Waals surface area contributed by atoms with E-state index in [1.165, 1.54) is 6.92 Å². The van der Waals surface area contributed by atoms with Crippen LogP contribution in [0, 0.1) is 11.8 Å². The molecular formula is C9H14O6. The Labute approximate surface area is 87.2 Å². The summed E-state index contributed by atoms with van der Waals surface area (Å²) in [5.74, 6) is -4.50. The van der Waals surface area contributed by atoms with Crippen molar-refractivity contribution in [3.05, 3.63) is 0 Å². The molecule has 0 bridgehead atoms. The van der Waals surface area contributed by atoms with Gasteiger partial charge in [-0.25, -0.2) is 0 Å². The summed E-state index contributed by atoms with van der Waals surface area (Å²) in [5.41, 5.74) is 0. The summed E-state index contributed by atoms with van der Waals surface area (Å²) in [6.07, 6.45) is -0.297. The second-order valence-corrected chi connectivity index (χ2v) is 3.10. The molecule has 0 aliphatic carbocycles. The van der Waals surface area contributed by atoms with Crippen LogP contribution in [0.25, 0.3) is 0 Å². The minimum Gasteiger partial charge on any atom is -0.481 e. The van der Waals surface area contributed by atoms with E-state index in [-0.39, 0.29) is 6.42 Å². The van der Waals surface area contributed by atoms with E-state index in [0.29, 0.717) is 0 Å². The summed E-state index contributed by atoms with van der Waals surface area (Å²) in [4.78, 5) is 32.9. The van der Waals surface area contributed by atoms with Crippen LogP contribution in [0.3, 0.4) is 0 Å². The van der Waals surface area contributed by atoms with Crippen LogP contribution < -0.4 is 0 Å². The van der Waals surface area contributed by atoms with Gasteiger partial charge in [-0.2, -0.15) is 0 Å². The average Bonchev–Trinajstić information content (AvgIpc) is 2.16. The van der Waals surface area contributed by atoms with E-state index in [1.807, 2.05) is 0 Å². The van der Waals surface area contributed by atoms with Crippen molar-refractivity contribution in [3.8, 4) is 0 Å². The number of hydrogen-bond acceptors (Lipinski definition) is 5. The molecule has 1 atom stereocenters. The largest absolute Gasteiger partial charge is 0.481 e. The lowest BCUT2D eigenvalue weighted by Gasteiger charge is -2.17. The van der Waals surface area contributed by atoms with Crippen molar-refractivity contribution in [2.45, 2.75) is 13.3 Å². The van der Waals surface area contributed by atoms with E-state index in [4.69, 9.17) is 5.11 Å². The maximum Gasteiger partial charge on any atom is 0.320 e. The Morgan fingerprint density at radius 2 is 1.53 bits per heavy atom. The second kappa shape index (κ2) is 6.00. The minimum absolute atomic E-state index is 0.297. The zero-order chi connectivity index (χ0) is 12.0. The second-order valence-electron chi connectivity index (χ2n) is 3.10. The van der Waals surface area contributed by atoms with Gasteiger partial charge < -0.3 is 14.6 Å². The van der Waals surface area contributed by atoms with Crippen LogP contribution in [0.1, 0.15) is 13.3 Å². The number of carboxylic acid groups (broad SMARTS) is 1. The molecule has 0 unspecified atom stereocenters. The van der Waals surface area contributed by atoms with Gasteiger partial charge in [0.15, 0.2) is 5.92 Å². The number of ether oxygens (including phenoxy) is 2. The summed E-state index contributed by atoms with van der Waals surface area (Å²) in [6.45, 7) is 1.48. The van der Waals surface area contributed by atoms with Crippen LogP contribution in [-0.2, 0) is 23.9 Å². The van der Waals surface area contributed by atoms with Crippen molar-refractivity contribution in [3.63, 3.8) is 0 Å². The Kier molecular flexibility index (Phi) is 5.36. The molecule has 0 aromatic heterocycles. The van der Waals surface area contributed by atoms with Crippen LogP contribution >= 0.6 is 0 Å². The Bertz CT molecular complexity index is 243. The molecule has 0 aliphatic heterocycles. The zero-order valence-electron chi connectivity index (χ0n) is 8.85. The lowest BCUT2D eigenvalue weighted by molar-refractivity contribution is -0.161. The van der Waals surface area contributed by atoms with Crippen molar-refractivity contribution in [1.29, 1.82) is 0 Å². The molecule has 6 heteroatoms. The summed E-state index contributed by atoms with van der Waals surface area (Å²) in [7, 11) is 2.26. The van der Waals surface area contributed by atoms with Gasteiger partial charge in [-0.1, -0.05) is 6.92 Å². The van der Waals surface area contributed by atoms with Gasteiger partial charge in [0.1, 0.15) is 0 Å². The first-order chi connectivity index (χ1) is 6.93.